The summed E-state index contributed by atoms with van der Waals surface area (Å²) in [5.41, 5.74) is 1.68. The summed E-state index contributed by atoms with van der Waals surface area (Å²) >= 11 is 6.21. The fourth-order valence-corrected chi connectivity index (χ4v) is 5.43. The molecule has 2 amide bonds. The summed E-state index contributed by atoms with van der Waals surface area (Å²) in [5.74, 6) is -0.0986. The van der Waals surface area contributed by atoms with E-state index < -0.39 is 28.5 Å². The van der Waals surface area contributed by atoms with Gasteiger partial charge in [0, 0.05) is 24.0 Å². The number of benzene rings is 3. The van der Waals surface area contributed by atoms with E-state index in [0.717, 1.165) is 16.1 Å². The normalized spacial score (nSPS) is 12.6. The third-order valence-corrected chi connectivity index (χ3v) is 8.21. The number of halogens is 1. The van der Waals surface area contributed by atoms with Crippen LogP contribution in [0, 0.1) is 0 Å². The first-order valence-electron chi connectivity index (χ1n) is 13.5. The smallest absolute Gasteiger partial charge is 0.244 e. The molecule has 0 aliphatic rings. The summed E-state index contributed by atoms with van der Waals surface area (Å²) < 4.78 is 37.8. The van der Waals surface area contributed by atoms with Gasteiger partial charge in [0.1, 0.15) is 24.1 Å². The predicted molar refractivity (Wildman–Crippen MR) is 166 cm³/mol. The van der Waals surface area contributed by atoms with E-state index >= 15 is 0 Å². The third-order valence-electron chi connectivity index (χ3n) is 6.85. The highest BCUT2D eigenvalue weighted by Gasteiger charge is 2.34. The van der Waals surface area contributed by atoms with Crippen LogP contribution < -0.4 is 19.1 Å². The topological polar surface area (TPSA) is 105 Å². The van der Waals surface area contributed by atoms with Crippen molar-refractivity contribution < 1.29 is 27.5 Å². The molecule has 226 valence electrons. The maximum absolute atomic E-state index is 14.2. The van der Waals surface area contributed by atoms with Gasteiger partial charge in [-0.25, -0.2) is 8.42 Å². The molecule has 0 unspecified atom stereocenters. The van der Waals surface area contributed by atoms with Crippen molar-refractivity contribution in [1.82, 2.24) is 10.2 Å². The van der Waals surface area contributed by atoms with Gasteiger partial charge in [-0.05, 0) is 54.8 Å². The van der Waals surface area contributed by atoms with Crippen molar-refractivity contribution in [3.05, 3.63) is 88.9 Å². The van der Waals surface area contributed by atoms with Crippen LogP contribution in [0.1, 0.15) is 31.4 Å². The molecule has 0 spiro atoms. The van der Waals surface area contributed by atoms with E-state index in [1.165, 1.54) is 24.1 Å². The number of carbonyl (C=O) groups is 2. The predicted octanol–water partition coefficient (Wildman–Crippen LogP) is 4.68. The Bertz CT molecular complexity index is 1470. The average molecular weight is 616 g/mol. The molecular weight excluding hydrogens is 578 g/mol. The number of nitrogens with zero attached hydrogens (tertiary/aromatic N) is 2. The summed E-state index contributed by atoms with van der Waals surface area (Å²) in [6, 6.07) is 20.0. The molecule has 0 radical (unpaired) electrons. The summed E-state index contributed by atoms with van der Waals surface area (Å²) in [7, 11) is -1.03. The first kappa shape index (κ1) is 32.8. The van der Waals surface area contributed by atoms with E-state index in [2.05, 4.69) is 5.32 Å². The van der Waals surface area contributed by atoms with E-state index in [1.807, 2.05) is 50.2 Å². The number of ether oxygens (including phenoxy) is 2. The zero-order valence-electron chi connectivity index (χ0n) is 24.5. The molecular formula is C31H38ClN3O6S. The first-order chi connectivity index (χ1) is 20.0. The van der Waals surface area contributed by atoms with Crippen molar-refractivity contribution in [2.45, 2.75) is 45.3 Å². The molecule has 3 aromatic rings. The minimum absolute atomic E-state index is 0.0335. The third kappa shape index (κ3) is 8.87. The SMILES string of the molecule is CC[C@@H](C)NC(=O)[C@H](Cc1ccccc1)N(Cc1cccc(OC)c1)C(=O)CN(c1cc(Cl)ccc1OC)S(C)(=O)=O. The number of anilines is 1. The molecule has 3 rings (SSSR count). The second-order valence-electron chi connectivity index (χ2n) is 9.98. The maximum Gasteiger partial charge on any atom is 0.244 e. The molecule has 1 N–H and O–H groups in total. The lowest BCUT2D eigenvalue weighted by Crippen LogP contribution is -2.54. The molecule has 0 fully saturated rings. The molecule has 11 heteroatoms. The van der Waals surface area contributed by atoms with Crippen molar-refractivity contribution in [3.63, 3.8) is 0 Å². The van der Waals surface area contributed by atoms with Crippen LogP contribution in [0.15, 0.2) is 72.8 Å². The van der Waals surface area contributed by atoms with E-state index in [9.17, 15) is 18.0 Å². The van der Waals surface area contributed by atoms with Crippen LogP contribution in [0.4, 0.5) is 5.69 Å². The van der Waals surface area contributed by atoms with Gasteiger partial charge in [0.15, 0.2) is 0 Å². The van der Waals surface area contributed by atoms with Crippen LogP contribution in [0.25, 0.3) is 0 Å². The van der Waals surface area contributed by atoms with Gasteiger partial charge in [-0.1, -0.05) is 61.0 Å². The highest BCUT2D eigenvalue weighted by molar-refractivity contribution is 7.92. The highest BCUT2D eigenvalue weighted by atomic mass is 35.5. The summed E-state index contributed by atoms with van der Waals surface area (Å²) in [6.45, 7) is 3.30. The summed E-state index contributed by atoms with van der Waals surface area (Å²) in [4.78, 5) is 29.4. The van der Waals surface area contributed by atoms with Crippen LogP contribution in [0.2, 0.25) is 5.02 Å². The monoisotopic (exact) mass is 615 g/mol. The molecule has 0 heterocycles. The van der Waals surface area contributed by atoms with Crippen LogP contribution in [0.3, 0.4) is 0 Å². The molecule has 0 saturated carbocycles. The number of carbonyl (C=O) groups excluding carboxylic acids is 2. The molecule has 9 nitrogen and oxygen atoms in total. The lowest BCUT2D eigenvalue weighted by Gasteiger charge is -2.34. The Morgan fingerprint density at radius 3 is 2.26 bits per heavy atom. The molecule has 0 aromatic heterocycles. The standard InChI is InChI=1S/C31H38ClN3O6S/c1-6-22(2)33-31(37)28(18-23-11-8-7-9-12-23)34(20-24-13-10-14-26(17-24)40-3)30(36)21-35(42(5,38)39)27-19-25(32)15-16-29(27)41-4/h7-17,19,22,28H,6,18,20-21H2,1-5H3,(H,33,37)/t22-,28+/m1/s1. The fraction of sp³-hybridized carbons (Fsp3) is 0.355. The summed E-state index contributed by atoms with van der Waals surface area (Å²) in [6.07, 6.45) is 1.92. The maximum atomic E-state index is 14.2. The zero-order chi connectivity index (χ0) is 30.9. The van der Waals surface area contributed by atoms with Gasteiger partial charge in [0.2, 0.25) is 21.8 Å². The van der Waals surface area contributed by atoms with Gasteiger partial charge < -0.3 is 19.7 Å². The van der Waals surface area contributed by atoms with Gasteiger partial charge in [-0.15, -0.1) is 0 Å². The Morgan fingerprint density at radius 2 is 1.64 bits per heavy atom. The number of hydrogen-bond donors (Lipinski definition) is 1. The van der Waals surface area contributed by atoms with Crippen LogP contribution in [-0.2, 0) is 32.6 Å². The minimum atomic E-state index is -3.98. The lowest BCUT2D eigenvalue weighted by molar-refractivity contribution is -0.140. The van der Waals surface area contributed by atoms with Gasteiger partial charge in [0.25, 0.3) is 0 Å². The first-order valence-corrected chi connectivity index (χ1v) is 15.8. The molecule has 0 saturated heterocycles. The van der Waals surface area contributed by atoms with E-state index in [0.29, 0.717) is 17.7 Å². The number of rotatable bonds is 14. The van der Waals surface area contributed by atoms with Gasteiger partial charge in [-0.3, -0.25) is 13.9 Å². The Hall–Kier alpha value is -3.76. The molecule has 0 aliphatic carbocycles. The minimum Gasteiger partial charge on any atom is -0.497 e. The lowest BCUT2D eigenvalue weighted by atomic mass is 10.0. The van der Waals surface area contributed by atoms with Crippen molar-refractivity contribution in [2.75, 3.05) is 31.3 Å². The quantitative estimate of drug-likeness (QED) is 0.282. The fourth-order valence-electron chi connectivity index (χ4n) is 4.42. The van der Waals surface area contributed by atoms with E-state index in [1.54, 1.807) is 31.4 Å². The van der Waals surface area contributed by atoms with Crippen molar-refractivity contribution >= 4 is 39.1 Å². The second kappa shape index (κ2) is 14.9. The molecule has 2 atom stereocenters. The number of sulfonamides is 1. The number of hydrogen-bond acceptors (Lipinski definition) is 6. The Morgan fingerprint density at radius 1 is 0.952 bits per heavy atom. The average Bonchev–Trinajstić information content (AvgIpc) is 2.97. The molecule has 0 bridgehead atoms. The largest absolute Gasteiger partial charge is 0.497 e. The second-order valence-corrected chi connectivity index (χ2v) is 12.3. The number of nitrogens with one attached hydrogen (secondary N) is 1. The summed E-state index contributed by atoms with van der Waals surface area (Å²) in [5, 5.41) is 3.28. The van der Waals surface area contributed by atoms with E-state index in [-0.39, 0.29) is 41.4 Å². The number of methoxy groups -OCH3 is 2. The Balaban J connectivity index is 2.12. The van der Waals surface area contributed by atoms with Crippen molar-refractivity contribution in [1.29, 1.82) is 0 Å². The van der Waals surface area contributed by atoms with E-state index in [4.69, 9.17) is 21.1 Å². The van der Waals surface area contributed by atoms with Gasteiger partial charge in [-0.2, -0.15) is 0 Å². The van der Waals surface area contributed by atoms with Crippen molar-refractivity contribution in [2.24, 2.45) is 0 Å². The van der Waals surface area contributed by atoms with Crippen LogP contribution in [-0.4, -0.2) is 64.2 Å². The van der Waals surface area contributed by atoms with Gasteiger partial charge >= 0.3 is 0 Å². The zero-order valence-corrected chi connectivity index (χ0v) is 26.1. The molecule has 42 heavy (non-hydrogen) atoms. The molecule has 3 aromatic carbocycles. The number of amides is 2. The van der Waals surface area contributed by atoms with Crippen molar-refractivity contribution in [3.8, 4) is 11.5 Å². The molecule has 0 aliphatic heterocycles. The Kier molecular flexibility index (Phi) is 11.6. The Labute approximate surface area is 253 Å². The highest BCUT2D eigenvalue weighted by Crippen LogP contribution is 2.33. The van der Waals surface area contributed by atoms with Crippen LogP contribution in [0.5, 0.6) is 11.5 Å². The van der Waals surface area contributed by atoms with Gasteiger partial charge in [0.05, 0.1) is 26.2 Å². The van der Waals surface area contributed by atoms with Crippen LogP contribution >= 0.6 is 11.6 Å².